The van der Waals surface area contributed by atoms with Crippen molar-refractivity contribution >= 4 is 6.03 Å². The second-order valence-corrected chi connectivity index (χ2v) is 3.94. The molecule has 5 heteroatoms. The molecule has 0 fully saturated rings. The minimum absolute atomic E-state index is 0.0827. The van der Waals surface area contributed by atoms with Crippen LogP contribution in [0.2, 0.25) is 0 Å². The molecule has 0 bridgehead atoms. The highest BCUT2D eigenvalue weighted by molar-refractivity contribution is 5.73. The van der Waals surface area contributed by atoms with E-state index in [1.807, 2.05) is 24.3 Å². The minimum Gasteiger partial charge on any atom is -0.396 e. The first-order chi connectivity index (χ1) is 8.76. The molecule has 18 heavy (non-hydrogen) atoms. The summed E-state index contributed by atoms with van der Waals surface area (Å²) in [6.45, 7) is 1.60. The van der Waals surface area contributed by atoms with E-state index >= 15 is 0 Å². The lowest BCUT2D eigenvalue weighted by molar-refractivity contribution is 0.185. The molecular weight excluding hydrogens is 232 g/mol. The third-order valence-corrected chi connectivity index (χ3v) is 2.38. The van der Waals surface area contributed by atoms with E-state index in [9.17, 15) is 4.79 Å². The number of nitrogens with one attached hydrogen (secondary N) is 2. The summed E-state index contributed by atoms with van der Waals surface area (Å²) < 4.78 is 5.05. The Morgan fingerprint density at radius 2 is 2.11 bits per heavy atom. The summed E-state index contributed by atoms with van der Waals surface area (Å²) in [6.07, 6.45) is 0.566. The predicted molar refractivity (Wildman–Crippen MR) is 69.1 cm³/mol. The van der Waals surface area contributed by atoms with E-state index in [0.717, 1.165) is 11.1 Å². The van der Waals surface area contributed by atoms with E-state index in [-0.39, 0.29) is 12.6 Å². The number of aliphatic hydroxyl groups excluding tert-OH is 1. The molecule has 2 amide bonds. The fraction of sp³-hybridized carbons (Fsp3) is 0.462. The standard InChI is InChI=1S/C13H20N2O3/c1-18-10-12-5-2-4-11(8-12)9-15-13(17)14-6-3-7-16/h2,4-5,8,16H,3,6-7,9-10H2,1H3,(H2,14,15,17). The van der Waals surface area contributed by atoms with Gasteiger partial charge in [-0.15, -0.1) is 0 Å². The first kappa shape index (κ1) is 14.5. The number of aliphatic hydroxyl groups is 1. The Hall–Kier alpha value is -1.59. The third kappa shape index (κ3) is 5.65. The Kier molecular flexibility index (Phi) is 6.83. The van der Waals surface area contributed by atoms with Crippen molar-refractivity contribution in [1.29, 1.82) is 0 Å². The van der Waals surface area contributed by atoms with E-state index in [1.165, 1.54) is 0 Å². The molecule has 0 heterocycles. The number of carbonyl (C=O) groups excluding carboxylic acids is 1. The van der Waals surface area contributed by atoms with Crippen LogP contribution >= 0.6 is 0 Å². The van der Waals surface area contributed by atoms with Crippen LogP contribution in [-0.4, -0.2) is 31.4 Å². The monoisotopic (exact) mass is 252 g/mol. The van der Waals surface area contributed by atoms with Crippen LogP contribution in [0, 0.1) is 0 Å². The van der Waals surface area contributed by atoms with Crippen LogP contribution in [-0.2, 0) is 17.9 Å². The van der Waals surface area contributed by atoms with Crippen LogP contribution in [0.3, 0.4) is 0 Å². The van der Waals surface area contributed by atoms with Gasteiger partial charge in [-0.3, -0.25) is 0 Å². The lowest BCUT2D eigenvalue weighted by atomic mass is 10.1. The van der Waals surface area contributed by atoms with Crippen molar-refractivity contribution in [3.8, 4) is 0 Å². The summed E-state index contributed by atoms with van der Waals surface area (Å²) >= 11 is 0. The number of urea groups is 1. The van der Waals surface area contributed by atoms with E-state index in [4.69, 9.17) is 9.84 Å². The number of hydrogen-bond acceptors (Lipinski definition) is 3. The summed E-state index contributed by atoms with van der Waals surface area (Å²) in [5, 5.41) is 14.0. The zero-order chi connectivity index (χ0) is 13.2. The summed E-state index contributed by atoms with van der Waals surface area (Å²) in [4.78, 5) is 11.4. The van der Waals surface area contributed by atoms with Crippen molar-refractivity contribution in [3.63, 3.8) is 0 Å². The minimum atomic E-state index is -0.222. The smallest absolute Gasteiger partial charge is 0.315 e. The second kappa shape index (κ2) is 8.49. The molecule has 0 aliphatic heterocycles. The quantitative estimate of drug-likeness (QED) is 0.634. The average Bonchev–Trinajstić information content (AvgIpc) is 2.38. The lowest BCUT2D eigenvalue weighted by Gasteiger charge is -2.08. The maximum absolute atomic E-state index is 11.4. The van der Waals surface area contributed by atoms with Crippen LogP contribution < -0.4 is 10.6 Å². The summed E-state index contributed by atoms with van der Waals surface area (Å²) in [6, 6.07) is 7.65. The second-order valence-electron chi connectivity index (χ2n) is 3.94. The highest BCUT2D eigenvalue weighted by Gasteiger charge is 2.00. The van der Waals surface area contributed by atoms with Crippen molar-refractivity contribution in [2.24, 2.45) is 0 Å². The first-order valence-corrected chi connectivity index (χ1v) is 5.95. The molecule has 0 spiro atoms. The van der Waals surface area contributed by atoms with Crippen LogP contribution in [0.15, 0.2) is 24.3 Å². The van der Waals surface area contributed by atoms with Gasteiger partial charge in [0.1, 0.15) is 0 Å². The SMILES string of the molecule is COCc1cccc(CNC(=O)NCCCO)c1. The molecule has 0 aliphatic carbocycles. The molecule has 0 saturated heterocycles. The average molecular weight is 252 g/mol. The fourth-order valence-electron chi connectivity index (χ4n) is 1.52. The molecule has 1 rings (SSSR count). The van der Waals surface area contributed by atoms with Crippen LogP contribution in [0.5, 0.6) is 0 Å². The van der Waals surface area contributed by atoms with E-state index < -0.39 is 0 Å². The lowest BCUT2D eigenvalue weighted by Crippen LogP contribution is -2.35. The zero-order valence-corrected chi connectivity index (χ0v) is 10.6. The fourth-order valence-corrected chi connectivity index (χ4v) is 1.52. The van der Waals surface area contributed by atoms with Crippen molar-refractivity contribution in [1.82, 2.24) is 10.6 Å². The van der Waals surface area contributed by atoms with E-state index in [1.54, 1.807) is 7.11 Å². The molecule has 1 aromatic carbocycles. The molecule has 0 unspecified atom stereocenters. The van der Waals surface area contributed by atoms with Gasteiger partial charge in [-0.05, 0) is 17.5 Å². The largest absolute Gasteiger partial charge is 0.396 e. The number of amides is 2. The van der Waals surface area contributed by atoms with Crippen LogP contribution in [0.1, 0.15) is 17.5 Å². The van der Waals surface area contributed by atoms with Gasteiger partial charge in [-0.25, -0.2) is 4.79 Å². The molecule has 0 aliphatic rings. The van der Waals surface area contributed by atoms with E-state index in [2.05, 4.69) is 10.6 Å². The number of ether oxygens (including phenoxy) is 1. The van der Waals surface area contributed by atoms with Gasteiger partial charge in [0.2, 0.25) is 0 Å². The topological polar surface area (TPSA) is 70.6 Å². The summed E-state index contributed by atoms with van der Waals surface area (Å²) in [5.41, 5.74) is 2.11. The van der Waals surface area contributed by atoms with Gasteiger partial charge in [0, 0.05) is 26.8 Å². The highest BCUT2D eigenvalue weighted by atomic mass is 16.5. The van der Waals surface area contributed by atoms with Crippen LogP contribution in [0.25, 0.3) is 0 Å². The Bertz CT molecular complexity index is 369. The summed E-state index contributed by atoms with van der Waals surface area (Å²) in [5.74, 6) is 0. The first-order valence-electron chi connectivity index (χ1n) is 5.95. The number of hydrogen-bond donors (Lipinski definition) is 3. The van der Waals surface area contributed by atoms with Gasteiger partial charge in [-0.2, -0.15) is 0 Å². The van der Waals surface area contributed by atoms with Gasteiger partial charge in [0.15, 0.2) is 0 Å². The van der Waals surface area contributed by atoms with Gasteiger partial charge < -0.3 is 20.5 Å². The molecule has 0 saturated carbocycles. The molecule has 3 N–H and O–H groups in total. The molecule has 0 atom stereocenters. The predicted octanol–water partition coefficient (Wildman–Crippen LogP) is 1.01. The highest BCUT2D eigenvalue weighted by Crippen LogP contribution is 2.05. The Morgan fingerprint density at radius 3 is 2.83 bits per heavy atom. The number of methoxy groups -OCH3 is 1. The van der Waals surface area contributed by atoms with Gasteiger partial charge in [0.05, 0.1) is 6.61 Å². The molecule has 0 radical (unpaired) electrons. The molecule has 100 valence electrons. The Labute approximate surface area is 107 Å². The Morgan fingerprint density at radius 1 is 1.33 bits per heavy atom. The van der Waals surface area contributed by atoms with Gasteiger partial charge in [-0.1, -0.05) is 24.3 Å². The van der Waals surface area contributed by atoms with Gasteiger partial charge >= 0.3 is 6.03 Å². The molecule has 0 aromatic heterocycles. The Balaban J connectivity index is 2.33. The molecular formula is C13H20N2O3. The van der Waals surface area contributed by atoms with Crippen molar-refractivity contribution < 1.29 is 14.6 Å². The van der Waals surface area contributed by atoms with Crippen molar-refractivity contribution in [2.45, 2.75) is 19.6 Å². The maximum Gasteiger partial charge on any atom is 0.315 e. The maximum atomic E-state index is 11.4. The van der Waals surface area contributed by atoms with Crippen LogP contribution in [0.4, 0.5) is 4.79 Å². The van der Waals surface area contributed by atoms with Gasteiger partial charge in [0.25, 0.3) is 0 Å². The van der Waals surface area contributed by atoms with Crippen molar-refractivity contribution in [3.05, 3.63) is 35.4 Å². The van der Waals surface area contributed by atoms with Crippen molar-refractivity contribution in [2.75, 3.05) is 20.3 Å². The zero-order valence-electron chi connectivity index (χ0n) is 10.6. The number of carbonyl (C=O) groups is 1. The number of rotatable bonds is 7. The molecule has 5 nitrogen and oxygen atoms in total. The number of benzene rings is 1. The summed E-state index contributed by atoms with van der Waals surface area (Å²) in [7, 11) is 1.65. The normalized spacial score (nSPS) is 10.1. The van der Waals surface area contributed by atoms with E-state index in [0.29, 0.717) is 26.1 Å². The molecule has 1 aromatic rings. The third-order valence-electron chi connectivity index (χ3n) is 2.38.